The van der Waals surface area contributed by atoms with Gasteiger partial charge < -0.3 is 9.72 Å². The summed E-state index contributed by atoms with van der Waals surface area (Å²) in [6.45, 7) is 2.85. The van der Waals surface area contributed by atoms with E-state index in [1.165, 1.54) is 0 Å². The average molecular weight is 436 g/mol. The van der Waals surface area contributed by atoms with Gasteiger partial charge in [0, 0.05) is 41.6 Å². The Morgan fingerprint density at radius 1 is 1.00 bits per heavy atom. The minimum absolute atomic E-state index is 0.0999. The minimum Gasteiger partial charge on any atom is -0.492 e. The van der Waals surface area contributed by atoms with Gasteiger partial charge in [0.15, 0.2) is 0 Å². The molecule has 0 saturated carbocycles. The van der Waals surface area contributed by atoms with Crippen molar-refractivity contribution in [3.63, 3.8) is 0 Å². The zero-order chi connectivity index (χ0) is 21.3. The normalized spacial score (nSPS) is 17.5. The molecule has 1 aliphatic heterocycles. The van der Waals surface area contributed by atoms with E-state index in [0.29, 0.717) is 18.0 Å². The summed E-state index contributed by atoms with van der Waals surface area (Å²) >= 11 is 0. The number of hydrogen-bond donors (Lipinski definition) is 2. The number of nitrogens with one attached hydrogen (secondary N) is 2. The van der Waals surface area contributed by atoms with Crippen molar-refractivity contribution in [1.29, 1.82) is 0 Å². The van der Waals surface area contributed by atoms with E-state index in [0.717, 1.165) is 46.9 Å². The first-order valence-corrected chi connectivity index (χ1v) is 12.0. The highest BCUT2D eigenvalue weighted by Crippen LogP contribution is 2.25. The number of nitrogens with zero attached hydrogens (tertiary/aromatic N) is 1. The van der Waals surface area contributed by atoms with Crippen LogP contribution in [0.15, 0.2) is 77.8 Å². The lowest BCUT2D eigenvalue weighted by atomic mass is 10.1. The Morgan fingerprint density at radius 3 is 2.77 bits per heavy atom. The molecule has 0 radical (unpaired) electrons. The Hall–Kier alpha value is -2.87. The van der Waals surface area contributed by atoms with Gasteiger partial charge in [0.2, 0.25) is 10.0 Å². The van der Waals surface area contributed by atoms with Crippen molar-refractivity contribution in [3.8, 4) is 5.75 Å². The number of fused-ring (bicyclic) bond motifs is 2. The number of rotatable bonds is 7. The van der Waals surface area contributed by atoms with Crippen LogP contribution in [0.4, 0.5) is 0 Å². The minimum atomic E-state index is -3.59. The summed E-state index contributed by atoms with van der Waals surface area (Å²) in [7, 11) is -3.59. The maximum atomic E-state index is 13.0. The van der Waals surface area contributed by atoms with Crippen LogP contribution in [0, 0.1) is 0 Å². The number of aromatic nitrogens is 1. The SMILES string of the molecule is O=S(=O)(NC1CCN(CCOc2cccc3[nH]ccc23)C1)c1cccc2ccccc12. The molecule has 1 fully saturated rings. The number of ether oxygens (including phenoxy) is 1. The first kappa shape index (κ1) is 20.1. The predicted octanol–water partition coefficient (Wildman–Crippen LogP) is 3.75. The third kappa shape index (κ3) is 4.17. The van der Waals surface area contributed by atoms with Crippen molar-refractivity contribution in [1.82, 2.24) is 14.6 Å². The molecule has 4 aromatic rings. The summed E-state index contributed by atoms with van der Waals surface area (Å²) in [4.78, 5) is 5.77. The van der Waals surface area contributed by atoms with Crippen LogP contribution in [0.1, 0.15) is 6.42 Å². The van der Waals surface area contributed by atoms with E-state index in [9.17, 15) is 8.42 Å². The molecule has 0 bridgehead atoms. The molecule has 6 nitrogen and oxygen atoms in total. The van der Waals surface area contributed by atoms with Gasteiger partial charge in [0.1, 0.15) is 12.4 Å². The topological polar surface area (TPSA) is 74.4 Å². The van der Waals surface area contributed by atoms with Gasteiger partial charge in [0.25, 0.3) is 0 Å². The lowest BCUT2D eigenvalue weighted by molar-refractivity contribution is 0.237. The molecule has 1 aromatic heterocycles. The Balaban J connectivity index is 1.19. The summed E-state index contributed by atoms with van der Waals surface area (Å²) in [5, 5.41) is 2.75. The third-order valence-electron chi connectivity index (χ3n) is 5.85. The molecule has 1 atom stereocenters. The summed E-state index contributed by atoms with van der Waals surface area (Å²) in [6.07, 6.45) is 2.70. The number of aromatic amines is 1. The fraction of sp³-hybridized carbons (Fsp3) is 0.250. The van der Waals surface area contributed by atoms with Crippen LogP contribution in [0.5, 0.6) is 5.75 Å². The van der Waals surface area contributed by atoms with Crippen LogP contribution in [-0.4, -0.2) is 50.6 Å². The monoisotopic (exact) mass is 435 g/mol. The van der Waals surface area contributed by atoms with Crippen LogP contribution in [0.2, 0.25) is 0 Å². The van der Waals surface area contributed by atoms with Crippen LogP contribution < -0.4 is 9.46 Å². The molecule has 5 rings (SSSR count). The van der Waals surface area contributed by atoms with Crippen molar-refractivity contribution in [3.05, 3.63) is 72.9 Å². The first-order chi connectivity index (χ1) is 15.1. The molecule has 3 aromatic carbocycles. The molecule has 0 aliphatic carbocycles. The molecule has 0 amide bonds. The number of H-pyrrole nitrogens is 1. The summed E-state index contributed by atoms with van der Waals surface area (Å²) in [5.74, 6) is 0.867. The molecule has 2 heterocycles. The lowest BCUT2D eigenvalue weighted by Gasteiger charge is -2.18. The van der Waals surface area contributed by atoms with E-state index < -0.39 is 10.0 Å². The molecule has 1 unspecified atom stereocenters. The van der Waals surface area contributed by atoms with E-state index in [2.05, 4.69) is 14.6 Å². The van der Waals surface area contributed by atoms with Crippen molar-refractivity contribution in [2.75, 3.05) is 26.2 Å². The highest BCUT2D eigenvalue weighted by Gasteiger charge is 2.28. The van der Waals surface area contributed by atoms with E-state index >= 15 is 0 Å². The van der Waals surface area contributed by atoms with Crippen LogP contribution in [0.3, 0.4) is 0 Å². The fourth-order valence-electron chi connectivity index (χ4n) is 4.31. The molecule has 1 saturated heterocycles. The highest BCUT2D eigenvalue weighted by atomic mass is 32.2. The molecular weight excluding hydrogens is 410 g/mol. The summed E-state index contributed by atoms with van der Waals surface area (Å²) in [5.41, 5.74) is 1.06. The second-order valence-electron chi connectivity index (χ2n) is 7.93. The zero-order valence-corrected chi connectivity index (χ0v) is 17.9. The van der Waals surface area contributed by atoms with Crippen molar-refractivity contribution < 1.29 is 13.2 Å². The molecule has 160 valence electrons. The van der Waals surface area contributed by atoms with E-state index in [1.54, 1.807) is 12.1 Å². The molecular formula is C24H25N3O3S. The van der Waals surface area contributed by atoms with Crippen LogP contribution in [0.25, 0.3) is 21.7 Å². The van der Waals surface area contributed by atoms with Crippen molar-refractivity contribution >= 4 is 31.7 Å². The first-order valence-electron chi connectivity index (χ1n) is 10.5. The Kier molecular flexibility index (Phi) is 5.40. The molecule has 7 heteroatoms. The molecule has 31 heavy (non-hydrogen) atoms. The quantitative estimate of drug-likeness (QED) is 0.464. The van der Waals surface area contributed by atoms with E-state index in [4.69, 9.17) is 4.74 Å². The number of likely N-dealkylation sites (tertiary alicyclic amines) is 1. The maximum absolute atomic E-state index is 13.0. The van der Waals surface area contributed by atoms with Gasteiger partial charge in [-0.2, -0.15) is 0 Å². The Bertz CT molecular complexity index is 1310. The van der Waals surface area contributed by atoms with Crippen molar-refractivity contribution in [2.24, 2.45) is 0 Å². The van der Waals surface area contributed by atoms with Crippen LogP contribution in [-0.2, 0) is 10.0 Å². The zero-order valence-electron chi connectivity index (χ0n) is 17.1. The van der Waals surface area contributed by atoms with E-state index in [-0.39, 0.29) is 6.04 Å². The standard InChI is InChI=1S/C24H25N3O3S/c28-31(29,24-10-3-6-18-5-1-2-7-20(18)24)26-19-12-14-27(17-19)15-16-30-23-9-4-8-22-21(23)11-13-25-22/h1-11,13,19,25-26H,12,14-17H2. The lowest BCUT2D eigenvalue weighted by Crippen LogP contribution is -2.37. The number of benzene rings is 3. The highest BCUT2D eigenvalue weighted by molar-refractivity contribution is 7.89. The molecule has 2 N–H and O–H groups in total. The third-order valence-corrected chi connectivity index (χ3v) is 7.43. The Labute approximate surface area is 181 Å². The fourth-order valence-corrected chi connectivity index (χ4v) is 5.80. The van der Waals surface area contributed by atoms with Gasteiger partial charge in [-0.3, -0.25) is 4.90 Å². The summed E-state index contributed by atoms with van der Waals surface area (Å²) in [6, 6.07) is 20.8. The van der Waals surface area contributed by atoms with Gasteiger partial charge in [-0.05, 0) is 42.6 Å². The molecule has 0 spiro atoms. The second-order valence-corrected chi connectivity index (χ2v) is 9.61. The second kappa shape index (κ2) is 8.34. The van der Waals surface area contributed by atoms with Gasteiger partial charge in [-0.25, -0.2) is 13.1 Å². The van der Waals surface area contributed by atoms with Crippen LogP contribution >= 0.6 is 0 Å². The van der Waals surface area contributed by atoms with Gasteiger partial charge in [-0.1, -0.05) is 42.5 Å². The Morgan fingerprint density at radius 2 is 1.84 bits per heavy atom. The average Bonchev–Trinajstić information content (AvgIpc) is 3.43. The molecule has 1 aliphatic rings. The van der Waals surface area contributed by atoms with E-state index in [1.807, 2.05) is 60.8 Å². The van der Waals surface area contributed by atoms with Gasteiger partial charge in [-0.15, -0.1) is 0 Å². The largest absolute Gasteiger partial charge is 0.492 e. The predicted molar refractivity (Wildman–Crippen MR) is 123 cm³/mol. The van der Waals surface area contributed by atoms with Gasteiger partial charge in [0.05, 0.1) is 4.90 Å². The number of sulfonamides is 1. The smallest absolute Gasteiger partial charge is 0.241 e. The van der Waals surface area contributed by atoms with Crippen molar-refractivity contribution in [2.45, 2.75) is 17.4 Å². The maximum Gasteiger partial charge on any atom is 0.241 e. The number of hydrogen-bond acceptors (Lipinski definition) is 4. The summed E-state index contributed by atoms with van der Waals surface area (Å²) < 4.78 is 35.0. The van der Waals surface area contributed by atoms with Gasteiger partial charge >= 0.3 is 0 Å².